The van der Waals surface area contributed by atoms with Crippen LogP contribution in [-0.4, -0.2) is 51.7 Å². The van der Waals surface area contributed by atoms with E-state index in [2.05, 4.69) is 9.97 Å². The van der Waals surface area contributed by atoms with Gasteiger partial charge in [-0.1, -0.05) is 0 Å². The van der Waals surface area contributed by atoms with E-state index in [0.29, 0.717) is 25.5 Å². The highest BCUT2D eigenvalue weighted by Gasteiger charge is 2.29. The summed E-state index contributed by atoms with van der Waals surface area (Å²) in [5, 5.41) is 9.02. The third-order valence-electron chi connectivity index (χ3n) is 2.49. The van der Waals surface area contributed by atoms with Crippen LogP contribution in [0.5, 0.6) is 0 Å². The molecule has 86 valence electrons. The SMILES string of the molecule is O=C(O)C1COCCN1Cc1ncccn1. The van der Waals surface area contributed by atoms with Crippen molar-refractivity contribution in [1.82, 2.24) is 14.9 Å². The molecule has 0 spiro atoms. The molecule has 0 saturated carbocycles. The normalized spacial score (nSPS) is 21.9. The standard InChI is InChI=1S/C10H13N3O3/c14-10(15)8-7-16-5-4-13(8)6-9-11-2-1-3-12-9/h1-3,8H,4-7H2,(H,14,15). The van der Waals surface area contributed by atoms with Crippen molar-refractivity contribution in [3.05, 3.63) is 24.3 Å². The number of hydrogen-bond donors (Lipinski definition) is 1. The number of hydrogen-bond acceptors (Lipinski definition) is 5. The van der Waals surface area contributed by atoms with Crippen LogP contribution in [0.25, 0.3) is 0 Å². The van der Waals surface area contributed by atoms with Crippen LogP contribution in [0, 0.1) is 0 Å². The molecule has 0 amide bonds. The molecular weight excluding hydrogens is 210 g/mol. The van der Waals surface area contributed by atoms with Gasteiger partial charge in [-0.2, -0.15) is 0 Å². The van der Waals surface area contributed by atoms with E-state index in [1.54, 1.807) is 18.5 Å². The minimum Gasteiger partial charge on any atom is -0.480 e. The average molecular weight is 223 g/mol. The molecule has 16 heavy (non-hydrogen) atoms. The maximum atomic E-state index is 11.0. The lowest BCUT2D eigenvalue weighted by molar-refractivity contribution is -0.150. The van der Waals surface area contributed by atoms with Crippen molar-refractivity contribution in [2.24, 2.45) is 0 Å². The van der Waals surface area contributed by atoms with Crippen LogP contribution >= 0.6 is 0 Å². The van der Waals surface area contributed by atoms with Crippen LogP contribution in [0.4, 0.5) is 0 Å². The summed E-state index contributed by atoms with van der Waals surface area (Å²) < 4.78 is 5.15. The van der Waals surface area contributed by atoms with Crippen LogP contribution in [0.15, 0.2) is 18.5 Å². The van der Waals surface area contributed by atoms with Gasteiger partial charge in [-0.05, 0) is 6.07 Å². The summed E-state index contributed by atoms with van der Waals surface area (Å²) in [6.45, 7) is 1.81. The highest BCUT2D eigenvalue weighted by molar-refractivity contribution is 5.73. The van der Waals surface area contributed by atoms with Gasteiger partial charge >= 0.3 is 5.97 Å². The Hall–Kier alpha value is -1.53. The Morgan fingerprint density at radius 3 is 3.00 bits per heavy atom. The Morgan fingerprint density at radius 1 is 1.56 bits per heavy atom. The van der Waals surface area contributed by atoms with Gasteiger partial charge in [0.2, 0.25) is 0 Å². The summed E-state index contributed by atoms with van der Waals surface area (Å²) in [4.78, 5) is 21.0. The van der Waals surface area contributed by atoms with Crippen LogP contribution in [0.2, 0.25) is 0 Å². The van der Waals surface area contributed by atoms with Gasteiger partial charge < -0.3 is 9.84 Å². The van der Waals surface area contributed by atoms with Crippen molar-refractivity contribution in [2.75, 3.05) is 19.8 Å². The first kappa shape index (κ1) is 11.0. The second-order valence-corrected chi connectivity index (χ2v) is 3.56. The van der Waals surface area contributed by atoms with Crippen LogP contribution in [0.1, 0.15) is 5.82 Å². The number of carboxylic acid groups (broad SMARTS) is 1. The zero-order valence-corrected chi connectivity index (χ0v) is 8.74. The molecule has 0 radical (unpaired) electrons. The van der Waals surface area contributed by atoms with Crippen molar-refractivity contribution >= 4 is 5.97 Å². The van der Waals surface area contributed by atoms with Gasteiger partial charge in [0, 0.05) is 18.9 Å². The highest BCUT2D eigenvalue weighted by Crippen LogP contribution is 2.09. The van der Waals surface area contributed by atoms with Crippen LogP contribution < -0.4 is 0 Å². The van der Waals surface area contributed by atoms with Crippen molar-refractivity contribution in [3.63, 3.8) is 0 Å². The van der Waals surface area contributed by atoms with Crippen molar-refractivity contribution in [3.8, 4) is 0 Å². The molecule has 0 bridgehead atoms. The summed E-state index contributed by atoms with van der Waals surface area (Å²) in [6, 6.07) is 1.13. The molecule has 6 heteroatoms. The van der Waals surface area contributed by atoms with Gasteiger partial charge in [0.25, 0.3) is 0 Å². The molecule has 0 aliphatic carbocycles. The number of aromatic nitrogens is 2. The quantitative estimate of drug-likeness (QED) is 0.762. The lowest BCUT2D eigenvalue weighted by Gasteiger charge is -2.31. The fourth-order valence-corrected chi connectivity index (χ4v) is 1.65. The molecule has 1 N–H and O–H groups in total. The van der Waals surface area contributed by atoms with E-state index in [1.165, 1.54) is 0 Å². The first-order valence-electron chi connectivity index (χ1n) is 5.08. The largest absolute Gasteiger partial charge is 0.480 e. The van der Waals surface area contributed by atoms with E-state index >= 15 is 0 Å². The highest BCUT2D eigenvalue weighted by atomic mass is 16.5. The molecular formula is C10H13N3O3. The lowest BCUT2D eigenvalue weighted by Crippen LogP contribution is -2.49. The molecule has 2 heterocycles. The Balaban J connectivity index is 2.04. The predicted octanol–water partition coefficient (Wildman–Crippen LogP) is -0.238. The van der Waals surface area contributed by atoms with Gasteiger partial charge in [0.1, 0.15) is 11.9 Å². The van der Waals surface area contributed by atoms with Crippen LogP contribution in [-0.2, 0) is 16.1 Å². The van der Waals surface area contributed by atoms with E-state index in [4.69, 9.17) is 9.84 Å². The third-order valence-corrected chi connectivity index (χ3v) is 2.49. The summed E-state index contributed by atoms with van der Waals surface area (Å²) in [5.41, 5.74) is 0. The fraction of sp³-hybridized carbons (Fsp3) is 0.500. The Kier molecular flexibility index (Phi) is 3.43. The number of morpholine rings is 1. The average Bonchev–Trinajstić information content (AvgIpc) is 2.31. The second-order valence-electron chi connectivity index (χ2n) is 3.56. The zero-order chi connectivity index (χ0) is 11.4. The molecule has 2 rings (SSSR count). The lowest BCUT2D eigenvalue weighted by atomic mass is 10.2. The molecule has 1 aliphatic rings. The Bertz CT molecular complexity index is 358. The summed E-state index contributed by atoms with van der Waals surface area (Å²) >= 11 is 0. The van der Waals surface area contributed by atoms with Crippen molar-refractivity contribution in [2.45, 2.75) is 12.6 Å². The van der Waals surface area contributed by atoms with Gasteiger partial charge in [-0.15, -0.1) is 0 Å². The summed E-state index contributed by atoms with van der Waals surface area (Å²) in [5.74, 6) is -0.230. The molecule has 0 aromatic carbocycles. The van der Waals surface area contributed by atoms with Gasteiger partial charge in [-0.25, -0.2) is 9.97 Å². The number of carboxylic acids is 1. The van der Waals surface area contributed by atoms with Gasteiger partial charge in [0.15, 0.2) is 0 Å². The first-order chi connectivity index (χ1) is 7.77. The number of ether oxygens (including phenoxy) is 1. The number of carbonyl (C=O) groups is 1. The molecule has 1 unspecified atom stereocenters. The van der Waals surface area contributed by atoms with Crippen molar-refractivity contribution in [1.29, 1.82) is 0 Å². The molecule has 1 aromatic rings. The van der Waals surface area contributed by atoms with Crippen molar-refractivity contribution < 1.29 is 14.6 Å². The second kappa shape index (κ2) is 5.00. The maximum Gasteiger partial charge on any atom is 0.323 e. The van der Waals surface area contributed by atoms with Gasteiger partial charge in [0.05, 0.1) is 19.8 Å². The molecule has 1 atom stereocenters. The summed E-state index contributed by atoms with van der Waals surface area (Å²) in [6.07, 6.45) is 3.30. The van der Waals surface area contributed by atoms with E-state index in [0.717, 1.165) is 0 Å². The molecule has 6 nitrogen and oxygen atoms in total. The smallest absolute Gasteiger partial charge is 0.323 e. The molecule has 1 fully saturated rings. The number of aliphatic carboxylic acids is 1. The predicted molar refractivity (Wildman–Crippen MR) is 54.7 cm³/mol. The molecule has 1 aromatic heterocycles. The Morgan fingerprint density at radius 2 is 2.31 bits per heavy atom. The monoisotopic (exact) mass is 223 g/mol. The minimum atomic E-state index is -0.865. The summed E-state index contributed by atoms with van der Waals surface area (Å²) in [7, 11) is 0. The Labute approximate surface area is 92.9 Å². The van der Waals surface area contributed by atoms with Crippen LogP contribution in [0.3, 0.4) is 0 Å². The molecule has 1 aliphatic heterocycles. The number of rotatable bonds is 3. The topological polar surface area (TPSA) is 75.6 Å². The van der Waals surface area contributed by atoms with E-state index in [1.807, 2.05) is 4.90 Å². The first-order valence-corrected chi connectivity index (χ1v) is 5.08. The van der Waals surface area contributed by atoms with Gasteiger partial charge in [-0.3, -0.25) is 9.69 Å². The fourth-order valence-electron chi connectivity index (χ4n) is 1.65. The third kappa shape index (κ3) is 2.53. The van der Waals surface area contributed by atoms with E-state index in [9.17, 15) is 4.79 Å². The molecule has 1 saturated heterocycles. The zero-order valence-electron chi connectivity index (χ0n) is 8.74. The number of nitrogens with zero attached hydrogens (tertiary/aromatic N) is 3. The minimum absolute atomic E-state index is 0.224. The van der Waals surface area contributed by atoms with E-state index < -0.39 is 12.0 Å². The maximum absolute atomic E-state index is 11.0. The van der Waals surface area contributed by atoms with E-state index in [-0.39, 0.29) is 6.61 Å².